The lowest BCUT2D eigenvalue weighted by molar-refractivity contribution is -0.137. The molecule has 0 saturated carbocycles. The Morgan fingerprint density at radius 1 is 1.00 bits per heavy atom. The molecule has 0 saturated heterocycles. The summed E-state index contributed by atoms with van der Waals surface area (Å²) in [4.78, 5) is 0. The van der Waals surface area contributed by atoms with Crippen LogP contribution in [-0.2, 0) is 6.18 Å². The molecule has 0 aliphatic carbocycles. The molecule has 108 valence electrons. The van der Waals surface area contributed by atoms with Crippen LogP contribution >= 0.6 is 0 Å². The Kier molecular flexibility index (Phi) is 4.81. The number of benzene rings is 1. The molecular formula is C11H11F6NO. The highest BCUT2D eigenvalue weighted by atomic mass is 19.4. The molecule has 0 spiro atoms. The third kappa shape index (κ3) is 5.48. The average molecular weight is 287 g/mol. The van der Waals surface area contributed by atoms with E-state index in [0.29, 0.717) is 0 Å². The van der Waals surface area contributed by atoms with E-state index in [1.54, 1.807) is 0 Å². The molecule has 0 radical (unpaired) electrons. The largest absolute Gasteiger partial charge is 0.416 e. The van der Waals surface area contributed by atoms with Crippen molar-refractivity contribution in [2.75, 3.05) is 13.1 Å². The van der Waals surface area contributed by atoms with Gasteiger partial charge in [-0.2, -0.15) is 26.3 Å². The highest BCUT2D eigenvalue weighted by Crippen LogP contribution is 2.29. The summed E-state index contributed by atoms with van der Waals surface area (Å²) < 4.78 is 72.2. The number of hydrogen-bond acceptors (Lipinski definition) is 2. The van der Waals surface area contributed by atoms with Crippen LogP contribution in [0, 0.1) is 0 Å². The minimum absolute atomic E-state index is 0.114. The topological polar surface area (TPSA) is 32.3 Å². The second kappa shape index (κ2) is 5.79. The van der Waals surface area contributed by atoms with Gasteiger partial charge in [-0.05, 0) is 17.7 Å². The number of nitrogens with one attached hydrogen (secondary N) is 1. The Balaban J connectivity index is 2.56. The highest BCUT2D eigenvalue weighted by molar-refractivity contribution is 5.26. The quantitative estimate of drug-likeness (QED) is 0.835. The van der Waals surface area contributed by atoms with Crippen LogP contribution in [0.4, 0.5) is 26.3 Å². The van der Waals surface area contributed by atoms with Crippen LogP contribution in [0.1, 0.15) is 17.2 Å². The molecule has 1 atom stereocenters. The highest BCUT2D eigenvalue weighted by Gasteiger charge is 2.30. The lowest BCUT2D eigenvalue weighted by Gasteiger charge is -2.14. The molecule has 0 fully saturated rings. The summed E-state index contributed by atoms with van der Waals surface area (Å²) in [7, 11) is 0. The van der Waals surface area contributed by atoms with Gasteiger partial charge >= 0.3 is 12.4 Å². The second-order valence-electron chi connectivity index (χ2n) is 3.88. The molecule has 0 bridgehead atoms. The molecular weight excluding hydrogens is 276 g/mol. The predicted molar refractivity (Wildman–Crippen MR) is 55.3 cm³/mol. The Morgan fingerprint density at radius 3 is 1.95 bits per heavy atom. The van der Waals surface area contributed by atoms with Gasteiger partial charge in [-0.25, -0.2) is 0 Å². The van der Waals surface area contributed by atoms with Gasteiger partial charge in [0.2, 0.25) is 0 Å². The molecule has 1 unspecified atom stereocenters. The zero-order valence-corrected chi connectivity index (χ0v) is 9.52. The van der Waals surface area contributed by atoms with Crippen molar-refractivity contribution in [3.05, 3.63) is 35.4 Å². The van der Waals surface area contributed by atoms with E-state index in [1.807, 2.05) is 5.32 Å². The molecule has 1 aromatic carbocycles. The fraction of sp³-hybridized carbons (Fsp3) is 0.455. The molecule has 1 aromatic rings. The lowest BCUT2D eigenvalue weighted by Crippen LogP contribution is -2.31. The number of halogens is 6. The summed E-state index contributed by atoms with van der Waals surface area (Å²) in [5, 5.41) is 11.5. The molecule has 0 heterocycles. The zero-order valence-electron chi connectivity index (χ0n) is 9.52. The smallest absolute Gasteiger partial charge is 0.387 e. The van der Waals surface area contributed by atoms with E-state index >= 15 is 0 Å². The van der Waals surface area contributed by atoms with Crippen LogP contribution in [0.25, 0.3) is 0 Å². The van der Waals surface area contributed by atoms with Gasteiger partial charge in [-0.15, -0.1) is 0 Å². The van der Waals surface area contributed by atoms with Gasteiger partial charge in [0.15, 0.2) is 0 Å². The van der Waals surface area contributed by atoms with E-state index in [0.717, 1.165) is 24.3 Å². The van der Waals surface area contributed by atoms with Crippen LogP contribution in [0.2, 0.25) is 0 Å². The first-order valence-corrected chi connectivity index (χ1v) is 5.22. The number of aliphatic hydroxyl groups is 1. The third-order valence-electron chi connectivity index (χ3n) is 2.29. The molecule has 19 heavy (non-hydrogen) atoms. The Labute approximate surface area is 105 Å². The van der Waals surface area contributed by atoms with Crippen molar-refractivity contribution in [3.63, 3.8) is 0 Å². The van der Waals surface area contributed by atoms with Crippen molar-refractivity contribution in [3.8, 4) is 0 Å². The van der Waals surface area contributed by atoms with E-state index in [2.05, 4.69) is 0 Å². The van der Waals surface area contributed by atoms with Crippen molar-refractivity contribution in [1.82, 2.24) is 5.32 Å². The van der Waals surface area contributed by atoms with Crippen LogP contribution < -0.4 is 5.32 Å². The van der Waals surface area contributed by atoms with Crippen LogP contribution in [0.5, 0.6) is 0 Å². The van der Waals surface area contributed by atoms with Crippen LogP contribution in [-0.4, -0.2) is 24.4 Å². The maximum atomic E-state index is 12.3. The van der Waals surface area contributed by atoms with Gasteiger partial charge in [0.25, 0.3) is 0 Å². The van der Waals surface area contributed by atoms with Crippen molar-refractivity contribution in [1.29, 1.82) is 0 Å². The second-order valence-corrected chi connectivity index (χ2v) is 3.88. The van der Waals surface area contributed by atoms with Gasteiger partial charge in [0, 0.05) is 6.54 Å². The molecule has 0 aromatic heterocycles. The Morgan fingerprint density at radius 2 is 1.53 bits per heavy atom. The first kappa shape index (κ1) is 15.8. The summed E-state index contributed by atoms with van der Waals surface area (Å²) in [6.45, 7) is -1.67. The minimum atomic E-state index is -4.49. The molecule has 1 rings (SSSR count). The van der Waals surface area contributed by atoms with Crippen molar-refractivity contribution in [2.24, 2.45) is 0 Å². The zero-order chi connectivity index (χ0) is 14.7. The van der Waals surface area contributed by atoms with Gasteiger partial charge in [0.05, 0.1) is 18.2 Å². The summed E-state index contributed by atoms with van der Waals surface area (Å²) >= 11 is 0. The van der Waals surface area contributed by atoms with Gasteiger partial charge in [0.1, 0.15) is 0 Å². The summed E-state index contributed by atoms with van der Waals surface area (Å²) in [5.74, 6) is 0. The number of alkyl halides is 6. The monoisotopic (exact) mass is 287 g/mol. The standard InChI is InChI=1S/C11H11F6NO/c12-10(13,14)6-18-5-9(19)7-1-3-8(4-2-7)11(15,16)17/h1-4,9,18-19H,5-6H2. The fourth-order valence-corrected chi connectivity index (χ4v) is 1.36. The number of rotatable bonds is 4. The van der Waals surface area contributed by atoms with Gasteiger partial charge < -0.3 is 10.4 Å². The average Bonchev–Trinajstić information content (AvgIpc) is 2.26. The summed E-state index contributed by atoms with van der Waals surface area (Å²) in [5.41, 5.74) is -0.769. The first-order valence-electron chi connectivity index (χ1n) is 5.22. The van der Waals surface area contributed by atoms with Crippen LogP contribution in [0.15, 0.2) is 24.3 Å². The summed E-state index contributed by atoms with van der Waals surface area (Å²) in [6, 6.07) is 3.59. The SMILES string of the molecule is OC(CNCC(F)(F)F)c1ccc(C(F)(F)F)cc1. The van der Waals surface area contributed by atoms with E-state index in [-0.39, 0.29) is 5.56 Å². The Hall–Kier alpha value is -1.28. The number of hydrogen-bond donors (Lipinski definition) is 2. The Bertz CT molecular complexity index is 397. The van der Waals surface area contributed by atoms with E-state index in [1.165, 1.54) is 0 Å². The first-order chi connectivity index (χ1) is 8.59. The molecule has 2 N–H and O–H groups in total. The van der Waals surface area contributed by atoms with Crippen LogP contribution in [0.3, 0.4) is 0 Å². The van der Waals surface area contributed by atoms with Crippen molar-refractivity contribution < 1.29 is 31.4 Å². The van der Waals surface area contributed by atoms with Gasteiger partial charge in [-0.3, -0.25) is 0 Å². The maximum absolute atomic E-state index is 12.3. The van der Waals surface area contributed by atoms with E-state index in [9.17, 15) is 31.4 Å². The van der Waals surface area contributed by atoms with Gasteiger partial charge in [-0.1, -0.05) is 12.1 Å². The molecule has 0 aliphatic rings. The molecule has 2 nitrogen and oxygen atoms in total. The molecule has 0 aliphatic heterocycles. The van der Waals surface area contributed by atoms with Crippen molar-refractivity contribution in [2.45, 2.75) is 18.5 Å². The summed E-state index contributed by atoms with van der Waals surface area (Å²) in [6.07, 6.45) is -10.2. The maximum Gasteiger partial charge on any atom is 0.416 e. The fourth-order valence-electron chi connectivity index (χ4n) is 1.36. The molecule has 8 heteroatoms. The van der Waals surface area contributed by atoms with E-state index < -0.39 is 37.1 Å². The lowest BCUT2D eigenvalue weighted by atomic mass is 10.1. The number of aliphatic hydroxyl groups excluding tert-OH is 1. The van der Waals surface area contributed by atoms with E-state index in [4.69, 9.17) is 0 Å². The third-order valence-corrected chi connectivity index (χ3v) is 2.29. The normalized spacial score (nSPS) is 14.5. The molecule has 0 amide bonds. The minimum Gasteiger partial charge on any atom is -0.387 e. The van der Waals surface area contributed by atoms with Crippen molar-refractivity contribution >= 4 is 0 Å². The predicted octanol–water partition coefficient (Wildman–Crippen LogP) is 2.89.